The van der Waals surface area contributed by atoms with E-state index in [9.17, 15) is 4.79 Å². The summed E-state index contributed by atoms with van der Waals surface area (Å²) in [6.07, 6.45) is 3.33. The largest absolute Gasteiger partial charge is 0.494 e. The monoisotopic (exact) mass is 462 g/mol. The van der Waals surface area contributed by atoms with E-state index in [-0.39, 0.29) is 5.91 Å². The number of benzene rings is 2. The number of fused-ring (bicyclic) bond motifs is 1. The van der Waals surface area contributed by atoms with Gasteiger partial charge in [-0.2, -0.15) is 5.10 Å². The number of nitrogens with zero attached hydrogens (tertiary/aromatic N) is 6. The van der Waals surface area contributed by atoms with Crippen LogP contribution in [0.2, 0.25) is 5.02 Å². The van der Waals surface area contributed by atoms with E-state index in [1.54, 1.807) is 17.2 Å². The smallest absolute Gasteiger partial charge is 0.253 e. The molecular formula is C24H23ClN6O2. The summed E-state index contributed by atoms with van der Waals surface area (Å²) >= 11 is 6.15. The van der Waals surface area contributed by atoms with E-state index >= 15 is 0 Å². The van der Waals surface area contributed by atoms with Crippen LogP contribution < -0.4 is 9.64 Å². The highest BCUT2D eigenvalue weighted by Crippen LogP contribution is 2.26. The van der Waals surface area contributed by atoms with E-state index < -0.39 is 0 Å². The molecule has 8 nitrogen and oxygen atoms in total. The zero-order valence-corrected chi connectivity index (χ0v) is 18.9. The summed E-state index contributed by atoms with van der Waals surface area (Å²) in [5.41, 5.74) is 2.22. The fourth-order valence-electron chi connectivity index (χ4n) is 4.04. The van der Waals surface area contributed by atoms with Gasteiger partial charge in [-0.25, -0.2) is 14.6 Å². The number of carbonyl (C=O) groups is 1. The van der Waals surface area contributed by atoms with Crippen LogP contribution in [-0.4, -0.2) is 63.3 Å². The molecule has 0 radical (unpaired) electrons. The molecule has 0 spiro atoms. The van der Waals surface area contributed by atoms with Gasteiger partial charge in [0.2, 0.25) is 0 Å². The molecule has 1 amide bonds. The molecule has 5 rings (SSSR count). The number of carbonyl (C=O) groups excluding carboxylic acids is 1. The Hall–Kier alpha value is -3.65. The minimum atomic E-state index is 0.0271. The number of anilines is 1. The summed E-state index contributed by atoms with van der Waals surface area (Å²) in [6, 6.07) is 14.8. The van der Waals surface area contributed by atoms with Gasteiger partial charge in [-0.1, -0.05) is 17.7 Å². The lowest BCUT2D eigenvalue weighted by Crippen LogP contribution is -2.49. The van der Waals surface area contributed by atoms with Crippen LogP contribution in [0, 0.1) is 0 Å². The van der Waals surface area contributed by atoms with Crippen LogP contribution in [0.1, 0.15) is 17.3 Å². The molecule has 0 N–H and O–H groups in total. The Balaban J connectivity index is 1.32. The third kappa shape index (κ3) is 4.21. The SMILES string of the molecule is CCOc1ccc(C(=O)N2CCN(c3ncnc4c3cnn4-c3cccc(Cl)c3)CC2)cc1. The van der Waals surface area contributed by atoms with Crippen LogP contribution in [0.5, 0.6) is 5.75 Å². The molecule has 1 aliphatic heterocycles. The molecule has 1 saturated heterocycles. The van der Waals surface area contributed by atoms with Crippen molar-refractivity contribution in [3.63, 3.8) is 0 Å². The van der Waals surface area contributed by atoms with E-state index in [2.05, 4.69) is 20.0 Å². The maximum Gasteiger partial charge on any atom is 0.253 e. The van der Waals surface area contributed by atoms with Crippen LogP contribution in [0.15, 0.2) is 61.1 Å². The summed E-state index contributed by atoms with van der Waals surface area (Å²) in [5.74, 6) is 1.62. The highest BCUT2D eigenvalue weighted by atomic mass is 35.5. The van der Waals surface area contributed by atoms with Gasteiger partial charge in [0.1, 0.15) is 17.9 Å². The lowest BCUT2D eigenvalue weighted by Gasteiger charge is -2.35. The van der Waals surface area contributed by atoms with Crippen molar-refractivity contribution in [1.82, 2.24) is 24.6 Å². The number of ether oxygens (including phenoxy) is 1. The summed E-state index contributed by atoms with van der Waals surface area (Å²) in [5, 5.41) is 6.02. The van der Waals surface area contributed by atoms with E-state index in [4.69, 9.17) is 16.3 Å². The molecule has 3 heterocycles. The molecule has 1 aliphatic rings. The third-order valence-electron chi connectivity index (χ3n) is 5.68. The minimum Gasteiger partial charge on any atom is -0.494 e. The maximum absolute atomic E-state index is 12.9. The lowest BCUT2D eigenvalue weighted by molar-refractivity contribution is 0.0746. The zero-order chi connectivity index (χ0) is 22.8. The Morgan fingerprint density at radius 3 is 2.58 bits per heavy atom. The van der Waals surface area contributed by atoms with Crippen molar-refractivity contribution >= 4 is 34.4 Å². The van der Waals surface area contributed by atoms with Gasteiger partial charge in [-0.15, -0.1) is 0 Å². The van der Waals surface area contributed by atoms with E-state index in [0.29, 0.717) is 43.4 Å². The Morgan fingerprint density at radius 1 is 1.06 bits per heavy atom. The molecule has 168 valence electrons. The number of halogens is 1. The molecule has 4 aromatic rings. The first-order valence-corrected chi connectivity index (χ1v) is 11.2. The van der Waals surface area contributed by atoms with Crippen LogP contribution in [0.3, 0.4) is 0 Å². The van der Waals surface area contributed by atoms with E-state index in [1.165, 1.54) is 0 Å². The number of rotatable bonds is 5. The first-order chi connectivity index (χ1) is 16.1. The molecule has 9 heteroatoms. The van der Waals surface area contributed by atoms with Crippen molar-refractivity contribution in [2.24, 2.45) is 0 Å². The molecule has 0 unspecified atom stereocenters. The molecule has 2 aromatic carbocycles. The zero-order valence-electron chi connectivity index (χ0n) is 18.2. The van der Waals surface area contributed by atoms with Gasteiger partial charge in [0.05, 0.1) is 23.9 Å². The van der Waals surface area contributed by atoms with Gasteiger partial charge in [0, 0.05) is 36.8 Å². The second-order valence-electron chi connectivity index (χ2n) is 7.71. The summed E-state index contributed by atoms with van der Waals surface area (Å²) in [7, 11) is 0. The topological polar surface area (TPSA) is 76.4 Å². The molecule has 2 aromatic heterocycles. The first-order valence-electron chi connectivity index (χ1n) is 10.9. The second kappa shape index (κ2) is 9.07. The van der Waals surface area contributed by atoms with Gasteiger partial charge < -0.3 is 14.5 Å². The third-order valence-corrected chi connectivity index (χ3v) is 5.91. The maximum atomic E-state index is 12.9. The molecular weight excluding hydrogens is 440 g/mol. The lowest BCUT2D eigenvalue weighted by atomic mass is 10.1. The van der Waals surface area contributed by atoms with Crippen LogP contribution >= 0.6 is 11.6 Å². The molecule has 0 atom stereocenters. The number of aromatic nitrogens is 4. The highest BCUT2D eigenvalue weighted by Gasteiger charge is 2.25. The highest BCUT2D eigenvalue weighted by molar-refractivity contribution is 6.30. The van der Waals surface area contributed by atoms with Crippen LogP contribution in [-0.2, 0) is 0 Å². The predicted octanol–water partition coefficient (Wildman–Crippen LogP) is 3.83. The summed E-state index contributed by atoms with van der Waals surface area (Å²) in [6.45, 7) is 5.12. The van der Waals surface area contributed by atoms with Crippen molar-refractivity contribution in [3.05, 3.63) is 71.6 Å². The van der Waals surface area contributed by atoms with Crippen molar-refractivity contribution in [1.29, 1.82) is 0 Å². The average Bonchev–Trinajstić information content (AvgIpc) is 3.29. The summed E-state index contributed by atoms with van der Waals surface area (Å²) in [4.78, 5) is 26.0. The van der Waals surface area contributed by atoms with Crippen molar-refractivity contribution < 1.29 is 9.53 Å². The van der Waals surface area contributed by atoms with Gasteiger partial charge in [0.15, 0.2) is 5.65 Å². The first kappa shape index (κ1) is 21.2. The van der Waals surface area contributed by atoms with E-state index in [0.717, 1.165) is 28.3 Å². The predicted molar refractivity (Wildman–Crippen MR) is 127 cm³/mol. The summed E-state index contributed by atoms with van der Waals surface area (Å²) < 4.78 is 7.23. The minimum absolute atomic E-state index is 0.0271. The van der Waals surface area contributed by atoms with Crippen LogP contribution in [0.4, 0.5) is 5.82 Å². The quantitative estimate of drug-likeness (QED) is 0.448. The Kier molecular flexibility index (Phi) is 5.83. The van der Waals surface area contributed by atoms with Crippen molar-refractivity contribution in [3.8, 4) is 11.4 Å². The fraction of sp³-hybridized carbons (Fsp3) is 0.250. The molecule has 1 fully saturated rings. The van der Waals surface area contributed by atoms with Crippen molar-refractivity contribution in [2.75, 3.05) is 37.7 Å². The van der Waals surface area contributed by atoms with Crippen molar-refractivity contribution in [2.45, 2.75) is 6.92 Å². The molecule has 0 aliphatic carbocycles. The number of amides is 1. The molecule has 0 bridgehead atoms. The van der Waals surface area contributed by atoms with Gasteiger partial charge in [-0.3, -0.25) is 4.79 Å². The van der Waals surface area contributed by atoms with Gasteiger partial charge in [-0.05, 0) is 49.4 Å². The Bertz CT molecular complexity index is 1280. The number of hydrogen-bond acceptors (Lipinski definition) is 6. The molecule has 33 heavy (non-hydrogen) atoms. The normalized spacial score (nSPS) is 14.0. The Morgan fingerprint density at radius 2 is 1.85 bits per heavy atom. The van der Waals surface area contributed by atoms with Gasteiger partial charge >= 0.3 is 0 Å². The van der Waals surface area contributed by atoms with E-state index in [1.807, 2.05) is 60.4 Å². The van der Waals surface area contributed by atoms with Gasteiger partial charge in [0.25, 0.3) is 5.91 Å². The number of piperazine rings is 1. The number of hydrogen-bond donors (Lipinski definition) is 0. The average molecular weight is 463 g/mol. The standard InChI is InChI=1S/C24H23ClN6O2/c1-2-33-20-8-6-17(7-9-20)24(32)30-12-10-29(11-13-30)22-21-15-28-31(23(21)27-16-26-22)19-5-3-4-18(25)14-19/h3-9,14-16H,2,10-13H2,1H3. The van der Waals surface area contributed by atoms with Crippen LogP contribution in [0.25, 0.3) is 16.7 Å². The Labute approximate surface area is 196 Å². The molecule has 0 saturated carbocycles. The fourth-order valence-corrected chi connectivity index (χ4v) is 4.23. The second-order valence-corrected chi connectivity index (χ2v) is 8.14.